The van der Waals surface area contributed by atoms with Crippen LogP contribution in [-0.2, 0) is 0 Å². The standard InChI is InChI=1S/C19H16N2O/c1-14-8-10-17(11-9-14)21-19(22)16-6-4-5-15(13-16)18-7-2-3-12-20-18/h2-13H,1H3,(H,21,22). The van der Waals surface area contributed by atoms with Gasteiger partial charge in [0.25, 0.3) is 5.91 Å². The second-order valence-electron chi connectivity index (χ2n) is 5.12. The molecule has 0 aliphatic heterocycles. The molecule has 0 spiro atoms. The summed E-state index contributed by atoms with van der Waals surface area (Å²) >= 11 is 0. The van der Waals surface area contributed by atoms with Gasteiger partial charge in [0.15, 0.2) is 0 Å². The fourth-order valence-corrected chi connectivity index (χ4v) is 2.19. The highest BCUT2D eigenvalue weighted by molar-refractivity contribution is 6.04. The van der Waals surface area contributed by atoms with Gasteiger partial charge in [-0.2, -0.15) is 0 Å². The van der Waals surface area contributed by atoms with E-state index in [2.05, 4.69) is 10.3 Å². The van der Waals surface area contributed by atoms with Gasteiger partial charge < -0.3 is 5.32 Å². The number of aryl methyl sites for hydroxylation is 1. The summed E-state index contributed by atoms with van der Waals surface area (Å²) in [5.41, 5.74) is 4.35. The van der Waals surface area contributed by atoms with Gasteiger partial charge in [0, 0.05) is 23.0 Å². The Balaban J connectivity index is 1.82. The number of amides is 1. The molecule has 0 bridgehead atoms. The van der Waals surface area contributed by atoms with Gasteiger partial charge in [-0.15, -0.1) is 0 Å². The maximum atomic E-state index is 12.4. The Morgan fingerprint density at radius 2 is 1.77 bits per heavy atom. The molecule has 3 heteroatoms. The smallest absolute Gasteiger partial charge is 0.255 e. The van der Waals surface area contributed by atoms with E-state index in [9.17, 15) is 4.79 Å². The number of hydrogen-bond acceptors (Lipinski definition) is 2. The molecule has 0 fully saturated rings. The number of hydrogen-bond donors (Lipinski definition) is 1. The third-order valence-electron chi connectivity index (χ3n) is 3.39. The zero-order valence-electron chi connectivity index (χ0n) is 12.3. The van der Waals surface area contributed by atoms with Crippen LogP contribution in [0.1, 0.15) is 15.9 Å². The molecule has 0 aliphatic rings. The summed E-state index contributed by atoms with van der Waals surface area (Å²) in [6.07, 6.45) is 1.74. The van der Waals surface area contributed by atoms with Crippen molar-refractivity contribution in [1.29, 1.82) is 0 Å². The number of rotatable bonds is 3. The number of pyridine rings is 1. The van der Waals surface area contributed by atoms with Crippen LogP contribution in [-0.4, -0.2) is 10.9 Å². The fourth-order valence-electron chi connectivity index (χ4n) is 2.19. The summed E-state index contributed by atoms with van der Waals surface area (Å²) < 4.78 is 0. The van der Waals surface area contributed by atoms with E-state index in [1.54, 1.807) is 12.3 Å². The summed E-state index contributed by atoms with van der Waals surface area (Å²) in [5, 5.41) is 2.90. The number of benzene rings is 2. The van der Waals surface area contributed by atoms with E-state index in [0.717, 1.165) is 22.5 Å². The Labute approximate surface area is 129 Å². The molecule has 1 heterocycles. The molecule has 0 radical (unpaired) electrons. The van der Waals surface area contributed by atoms with Gasteiger partial charge in [-0.05, 0) is 43.3 Å². The Bertz CT molecular complexity index is 780. The molecule has 1 N–H and O–H groups in total. The molecular formula is C19H16N2O. The van der Waals surface area contributed by atoms with Crippen LogP contribution in [0.5, 0.6) is 0 Å². The first-order valence-corrected chi connectivity index (χ1v) is 7.12. The predicted octanol–water partition coefficient (Wildman–Crippen LogP) is 4.31. The van der Waals surface area contributed by atoms with Crippen molar-refractivity contribution in [2.45, 2.75) is 6.92 Å². The minimum atomic E-state index is -0.123. The van der Waals surface area contributed by atoms with Crippen LogP contribution in [0.3, 0.4) is 0 Å². The van der Waals surface area contributed by atoms with E-state index < -0.39 is 0 Å². The van der Waals surface area contributed by atoms with Crippen LogP contribution < -0.4 is 5.32 Å². The van der Waals surface area contributed by atoms with Gasteiger partial charge in [-0.25, -0.2) is 0 Å². The number of nitrogens with zero attached hydrogens (tertiary/aromatic N) is 1. The zero-order chi connectivity index (χ0) is 15.4. The minimum absolute atomic E-state index is 0.123. The molecule has 3 aromatic rings. The van der Waals surface area contributed by atoms with Gasteiger partial charge in [0.2, 0.25) is 0 Å². The van der Waals surface area contributed by atoms with Crippen LogP contribution >= 0.6 is 0 Å². The van der Waals surface area contributed by atoms with Crippen molar-refractivity contribution in [2.24, 2.45) is 0 Å². The monoisotopic (exact) mass is 288 g/mol. The summed E-state index contributed by atoms with van der Waals surface area (Å²) in [5.74, 6) is -0.123. The topological polar surface area (TPSA) is 42.0 Å². The molecule has 22 heavy (non-hydrogen) atoms. The summed E-state index contributed by atoms with van der Waals surface area (Å²) in [4.78, 5) is 16.7. The van der Waals surface area contributed by atoms with Gasteiger partial charge in [0.05, 0.1) is 5.69 Å². The lowest BCUT2D eigenvalue weighted by molar-refractivity contribution is 0.102. The fraction of sp³-hybridized carbons (Fsp3) is 0.0526. The van der Waals surface area contributed by atoms with Crippen molar-refractivity contribution in [3.63, 3.8) is 0 Å². The lowest BCUT2D eigenvalue weighted by Gasteiger charge is -2.07. The largest absolute Gasteiger partial charge is 0.322 e. The second kappa shape index (κ2) is 6.22. The Morgan fingerprint density at radius 1 is 0.955 bits per heavy atom. The first-order valence-electron chi connectivity index (χ1n) is 7.12. The molecule has 3 rings (SSSR count). The Hall–Kier alpha value is -2.94. The quantitative estimate of drug-likeness (QED) is 0.780. The van der Waals surface area contributed by atoms with Crippen molar-refractivity contribution >= 4 is 11.6 Å². The summed E-state index contributed by atoms with van der Waals surface area (Å²) in [7, 11) is 0. The molecule has 0 unspecified atom stereocenters. The highest BCUT2D eigenvalue weighted by atomic mass is 16.1. The molecule has 0 saturated carbocycles. The SMILES string of the molecule is Cc1ccc(NC(=O)c2cccc(-c3ccccn3)c2)cc1. The van der Waals surface area contributed by atoms with Crippen molar-refractivity contribution < 1.29 is 4.79 Å². The van der Waals surface area contributed by atoms with E-state index in [0.29, 0.717) is 5.56 Å². The predicted molar refractivity (Wildman–Crippen MR) is 88.8 cm³/mol. The lowest BCUT2D eigenvalue weighted by atomic mass is 10.1. The summed E-state index contributed by atoms with van der Waals surface area (Å²) in [6.45, 7) is 2.02. The van der Waals surface area contributed by atoms with Gasteiger partial charge in [-0.3, -0.25) is 9.78 Å². The molecule has 3 nitrogen and oxygen atoms in total. The van der Waals surface area contributed by atoms with Crippen LogP contribution in [0.15, 0.2) is 72.9 Å². The van der Waals surface area contributed by atoms with Gasteiger partial charge in [0.1, 0.15) is 0 Å². The molecule has 0 saturated heterocycles. The first kappa shape index (κ1) is 14.0. The molecule has 1 amide bonds. The maximum Gasteiger partial charge on any atom is 0.255 e. The molecule has 2 aromatic carbocycles. The van der Waals surface area contributed by atoms with Crippen molar-refractivity contribution in [1.82, 2.24) is 4.98 Å². The van der Waals surface area contributed by atoms with Gasteiger partial charge >= 0.3 is 0 Å². The van der Waals surface area contributed by atoms with Crippen LogP contribution in [0.2, 0.25) is 0 Å². The molecule has 0 aliphatic carbocycles. The highest BCUT2D eigenvalue weighted by Gasteiger charge is 2.08. The Kier molecular flexibility index (Phi) is 3.97. The van der Waals surface area contributed by atoms with E-state index in [1.807, 2.05) is 67.6 Å². The number of aromatic nitrogens is 1. The third-order valence-corrected chi connectivity index (χ3v) is 3.39. The number of carbonyl (C=O) groups is 1. The van der Waals surface area contributed by atoms with Crippen molar-refractivity contribution in [3.8, 4) is 11.3 Å². The molecular weight excluding hydrogens is 272 g/mol. The molecule has 108 valence electrons. The zero-order valence-corrected chi connectivity index (χ0v) is 12.3. The summed E-state index contributed by atoms with van der Waals surface area (Å²) in [6, 6.07) is 20.9. The van der Waals surface area contributed by atoms with E-state index >= 15 is 0 Å². The highest BCUT2D eigenvalue weighted by Crippen LogP contribution is 2.18. The van der Waals surface area contributed by atoms with Crippen molar-refractivity contribution in [3.05, 3.63) is 84.1 Å². The van der Waals surface area contributed by atoms with Crippen LogP contribution in [0.25, 0.3) is 11.3 Å². The average molecular weight is 288 g/mol. The van der Waals surface area contributed by atoms with Crippen LogP contribution in [0, 0.1) is 6.92 Å². The molecule has 0 atom stereocenters. The number of carbonyl (C=O) groups excluding carboxylic acids is 1. The van der Waals surface area contributed by atoms with Crippen LogP contribution in [0.4, 0.5) is 5.69 Å². The van der Waals surface area contributed by atoms with Gasteiger partial charge in [-0.1, -0.05) is 35.9 Å². The van der Waals surface area contributed by atoms with E-state index in [-0.39, 0.29) is 5.91 Å². The Morgan fingerprint density at radius 3 is 2.50 bits per heavy atom. The number of anilines is 1. The normalized spacial score (nSPS) is 10.2. The first-order chi connectivity index (χ1) is 10.7. The van der Waals surface area contributed by atoms with E-state index in [1.165, 1.54) is 0 Å². The second-order valence-corrected chi connectivity index (χ2v) is 5.12. The van der Waals surface area contributed by atoms with E-state index in [4.69, 9.17) is 0 Å². The minimum Gasteiger partial charge on any atom is -0.322 e. The lowest BCUT2D eigenvalue weighted by Crippen LogP contribution is -2.11. The molecule has 1 aromatic heterocycles. The maximum absolute atomic E-state index is 12.4. The third kappa shape index (κ3) is 3.20. The van der Waals surface area contributed by atoms with Crippen molar-refractivity contribution in [2.75, 3.05) is 5.32 Å². The average Bonchev–Trinajstić information content (AvgIpc) is 2.58. The number of nitrogens with one attached hydrogen (secondary N) is 1.